The maximum atomic E-state index is 10.9. The van der Waals surface area contributed by atoms with Crippen molar-refractivity contribution in [2.45, 2.75) is 0 Å². The predicted octanol–water partition coefficient (Wildman–Crippen LogP) is 3.15. The van der Waals surface area contributed by atoms with Gasteiger partial charge in [0.25, 0.3) is 0 Å². The Kier molecular flexibility index (Phi) is 2.33. The second-order valence-corrected chi connectivity index (χ2v) is 4.31. The van der Waals surface area contributed by atoms with Gasteiger partial charge in [-0.25, -0.2) is 0 Å². The summed E-state index contributed by atoms with van der Waals surface area (Å²) in [6, 6.07) is 11.7. The third kappa shape index (κ3) is 1.34. The lowest BCUT2D eigenvalue weighted by atomic mass is 10.1. The first-order chi connectivity index (χ1) is 8.76. The van der Waals surface area contributed by atoms with Crippen molar-refractivity contribution in [1.82, 2.24) is 4.57 Å². The highest BCUT2D eigenvalue weighted by molar-refractivity contribution is 6.11. The van der Waals surface area contributed by atoms with Crippen LogP contribution in [0.25, 0.3) is 21.8 Å². The van der Waals surface area contributed by atoms with Crippen molar-refractivity contribution in [3.05, 3.63) is 42.0 Å². The van der Waals surface area contributed by atoms with Gasteiger partial charge in [0.1, 0.15) is 12.0 Å². The average Bonchev–Trinajstić information content (AvgIpc) is 2.72. The topological polar surface area (TPSA) is 31.2 Å². The molecular formula is C15H13NO2. The van der Waals surface area contributed by atoms with Crippen molar-refractivity contribution in [2.75, 3.05) is 7.11 Å². The van der Waals surface area contributed by atoms with Crippen LogP contribution in [0.3, 0.4) is 0 Å². The second-order valence-electron chi connectivity index (χ2n) is 4.31. The standard InChI is InChI=1S/C15H13NO2/c1-16-12-4-3-5-14(18-2)15(12)11-7-6-10(9-17)8-13(11)16/h3-9H,1-2H3. The van der Waals surface area contributed by atoms with Crippen molar-refractivity contribution < 1.29 is 9.53 Å². The lowest BCUT2D eigenvalue weighted by molar-refractivity contribution is 0.112. The van der Waals surface area contributed by atoms with E-state index >= 15 is 0 Å². The quantitative estimate of drug-likeness (QED) is 0.643. The first-order valence-corrected chi connectivity index (χ1v) is 5.76. The molecule has 0 N–H and O–H groups in total. The Balaban J connectivity index is 2.54. The highest BCUT2D eigenvalue weighted by Crippen LogP contribution is 2.34. The number of hydrogen-bond donors (Lipinski definition) is 0. The molecule has 18 heavy (non-hydrogen) atoms. The molecular weight excluding hydrogens is 226 g/mol. The number of fused-ring (bicyclic) bond motifs is 3. The lowest BCUT2D eigenvalue weighted by Crippen LogP contribution is -1.88. The van der Waals surface area contributed by atoms with Crippen LogP contribution in [0.1, 0.15) is 10.4 Å². The summed E-state index contributed by atoms with van der Waals surface area (Å²) in [6.07, 6.45) is 0.869. The molecule has 1 aromatic heterocycles. The maximum absolute atomic E-state index is 10.9. The first kappa shape index (κ1) is 10.8. The van der Waals surface area contributed by atoms with Gasteiger partial charge in [0, 0.05) is 28.9 Å². The average molecular weight is 239 g/mol. The summed E-state index contributed by atoms with van der Waals surface area (Å²) >= 11 is 0. The third-order valence-corrected chi connectivity index (χ3v) is 3.37. The van der Waals surface area contributed by atoms with E-state index in [1.165, 1.54) is 0 Å². The molecule has 0 saturated carbocycles. The Morgan fingerprint density at radius 3 is 2.72 bits per heavy atom. The zero-order valence-corrected chi connectivity index (χ0v) is 10.3. The molecule has 0 radical (unpaired) electrons. The summed E-state index contributed by atoms with van der Waals surface area (Å²) in [6.45, 7) is 0. The predicted molar refractivity (Wildman–Crippen MR) is 72.4 cm³/mol. The van der Waals surface area contributed by atoms with Gasteiger partial charge in [-0.2, -0.15) is 0 Å². The summed E-state index contributed by atoms with van der Waals surface area (Å²) in [7, 11) is 3.67. The summed E-state index contributed by atoms with van der Waals surface area (Å²) in [5.41, 5.74) is 2.83. The van der Waals surface area contributed by atoms with Gasteiger partial charge < -0.3 is 9.30 Å². The van der Waals surface area contributed by atoms with E-state index in [2.05, 4.69) is 10.6 Å². The number of benzene rings is 2. The molecule has 0 fully saturated rings. The van der Waals surface area contributed by atoms with Crippen molar-refractivity contribution in [3.63, 3.8) is 0 Å². The van der Waals surface area contributed by atoms with E-state index in [1.807, 2.05) is 37.4 Å². The van der Waals surface area contributed by atoms with Crippen LogP contribution in [0.5, 0.6) is 5.75 Å². The molecule has 3 rings (SSSR count). The molecule has 0 atom stereocenters. The third-order valence-electron chi connectivity index (χ3n) is 3.37. The van der Waals surface area contributed by atoms with E-state index in [0.717, 1.165) is 33.8 Å². The molecule has 0 spiro atoms. The number of methoxy groups -OCH3 is 1. The zero-order valence-electron chi connectivity index (χ0n) is 10.3. The van der Waals surface area contributed by atoms with Crippen LogP contribution in [-0.4, -0.2) is 18.0 Å². The van der Waals surface area contributed by atoms with Crippen LogP contribution < -0.4 is 4.74 Å². The molecule has 90 valence electrons. The highest BCUT2D eigenvalue weighted by atomic mass is 16.5. The number of ether oxygens (including phenoxy) is 1. The van der Waals surface area contributed by atoms with E-state index in [-0.39, 0.29) is 0 Å². The van der Waals surface area contributed by atoms with Gasteiger partial charge in [0.2, 0.25) is 0 Å². The van der Waals surface area contributed by atoms with E-state index in [1.54, 1.807) is 7.11 Å². The first-order valence-electron chi connectivity index (χ1n) is 5.76. The van der Waals surface area contributed by atoms with Crippen molar-refractivity contribution >= 4 is 28.1 Å². The van der Waals surface area contributed by atoms with Crippen molar-refractivity contribution in [2.24, 2.45) is 7.05 Å². The molecule has 0 aliphatic heterocycles. The van der Waals surface area contributed by atoms with Gasteiger partial charge in [-0.05, 0) is 18.2 Å². The number of carbonyl (C=O) groups excluding carboxylic acids is 1. The van der Waals surface area contributed by atoms with Crippen LogP contribution in [0.15, 0.2) is 36.4 Å². The molecule has 3 aromatic rings. The Morgan fingerprint density at radius 2 is 2.00 bits per heavy atom. The number of rotatable bonds is 2. The molecule has 0 aliphatic rings. The highest BCUT2D eigenvalue weighted by Gasteiger charge is 2.12. The Bertz CT molecular complexity index is 756. The van der Waals surface area contributed by atoms with E-state index in [0.29, 0.717) is 5.56 Å². The molecule has 0 saturated heterocycles. The molecule has 0 aliphatic carbocycles. The Hall–Kier alpha value is -2.29. The largest absolute Gasteiger partial charge is 0.496 e. The molecule has 0 amide bonds. The van der Waals surface area contributed by atoms with Crippen LogP contribution in [-0.2, 0) is 7.05 Å². The van der Waals surface area contributed by atoms with Crippen LogP contribution in [0.4, 0.5) is 0 Å². The smallest absolute Gasteiger partial charge is 0.150 e. The van der Waals surface area contributed by atoms with Crippen LogP contribution >= 0.6 is 0 Å². The normalized spacial score (nSPS) is 11.0. The number of hydrogen-bond acceptors (Lipinski definition) is 2. The van der Waals surface area contributed by atoms with Crippen LogP contribution in [0.2, 0.25) is 0 Å². The summed E-state index contributed by atoms with van der Waals surface area (Å²) < 4.78 is 7.51. The lowest BCUT2D eigenvalue weighted by Gasteiger charge is -2.02. The Morgan fingerprint density at radius 1 is 1.17 bits per heavy atom. The summed E-state index contributed by atoms with van der Waals surface area (Å²) in [5.74, 6) is 0.858. The minimum absolute atomic E-state index is 0.687. The minimum Gasteiger partial charge on any atom is -0.496 e. The SMILES string of the molecule is COc1cccc2c1c1ccc(C=O)cc1n2C. The fourth-order valence-corrected chi connectivity index (χ4v) is 2.48. The van der Waals surface area contributed by atoms with Crippen molar-refractivity contribution in [3.8, 4) is 5.75 Å². The van der Waals surface area contributed by atoms with Gasteiger partial charge in [-0.15, -0.1) is 0 Å². The molecule has 3 nitrogen and oxygen atoms in total. The Labute approximate surface area is 105 Å². The molecule has 0 unspecified atom stereocenters. The van der Waals surface area contributed by atoms with Gasteiger partial charge in [0.15, 0.2) is 0 Å². The monoisotopic (exact) mass is 239 g/mol. The fourth-order valence-electron chi connectivity index (χ4n) is 2.48. The van der Waals surface area contributed by atoms with Gasteiger partial charge in [-0.1, -0.05) is 18.2 Å². The molecule has 0 bridgehead atoms. The molecule has 1 heterocycles. The molecule has 3 heteroatoms. The minimum atomic E-state index is 0.687. The van der Waals surface area contributed by atoms with Gasteiger partial charge >= 0.3 is 0 Å². The second kappa shape index (κ2) is 3.88. The van der Waals surface area contributed by atoms with Crippen LogP contribution in [0, 0.1) is 0 Å². The zero-order chi connectivity index (χ0) is 12.7. The number of aryl methyl sites for hydroxylation is 1. The summed E-state index contributed by atoms with van der Waals surface area (Å²) in [5, 5.41) is 2.20. The van der Waals surface area contributed by atoms with E-state index in [4.69, 9.17) is 4.74 Å². The van der Waals surface area contributed by atoms with Gasteiger partial charge in [0.05, 0.1) is 12.6 Å². The molecule has 2 aromatic carbocycles. The maximum Gasteiger partial charge on any atom is 0.150 e. The van der Waals surface area contributed by atoms with E-state index < -0.39 is 0 Å². The number of carbonyl (C=O) groups is 1. The number of aldehydes is 1. The summed E-state index contributed by atoms with van der Waals surface area (Å²) in [4.78, 5) is 10.9. The van der Waals surface area contributed by atoms with Gasteiger partial charge in [-0.3, -0.25) is 4.79 Å². The van der Waals surface area contributed by atoms with Crippen molar-refractivity contribution in [1.29, 1.82) is 0 Å². The number of nitrogens with zero attached hydrogens (tertiary/aromatic N) is 1. The van der Waals surface area contributed by atoms with E-state index in [9.17, 15) is 4.79 Å². The fraction of sp³-hybridized carbons (Fsp3) is 0.133. The number of aromatic nitrogens is 1.